The Hall–Kier alpha value is -2.53. The third-order valence-corrected chi connectivity index (χ3v) is 4.63. The van der Waals surface area contributed by atoms with Gasteiger partial charge in [0.15, 0.2) is 0 Å². The minimum atomic E-state index is -0.340. The van der Waals surface area contributed by atoms with Crippen molar-refractivity contribution < 1.29 is 9.53 Å². The van der Waals surface area contributed by atoms with E-state index in [1.807, 2.05) is 38.1 Å². The molecule has 0 bridgehead atoms. The van der Waals surface area contributed by atoms with E-state index in [-0.39, 0.29) is 22.5 Å². The second-order valence-corrected chi connectivity index (χ2v) is 6.66. The number of benzene rings is 1. The van der Waals surface area contributed by atoms with Gasteiger partial charge in [-0.15, -0.1) is 0 Å². The van der Waals surface area contributed by atoms with Crippen LogP contribution in [0.5, 0.6) is 5.75 Å². The van der Waals surface area contributed by atoms with Crippen molar-refractivity contribution in [2.45, 2.75) is 32.7 Å². The molecule has 5 nitrogen and oxygen atoms in total. The van der Waals surface area contributed by atoms with E-state index in [9.17, 15) is 9.59 Å². The molecule has 0 unspecified atom stereocenters. The van der Waals surface area contributed by atoms with Crippen LogP contribution in [0.25, 0.3) is 5.57 Å². The monoisotopic (exact) mass is 372 g/mol. The molecule has 2 aromatic rings. The molecule has 1 aliphatic heterocycles. The molecule has 1 fully saturated rings. The lowest BCUT2D eigenvalue weighted by atomic mass is 9.97. The Bertz CT molecular complexity index is 918. The fourth-order valence-corrected chi connectivity index (χ4v) is 3.16. The molecule has 0 spiro atoms. The van der Waals surface area contributed by atoms with E-state index in [2.05, 4.69) is 10.3 Å². The number of carbonyl (C=O) groups excluding carboxylic acids is 1. The first-order valence-electron chi connectivity index (χ1n) is 8.62. The average molecular weight is 373 g/mol. The number of aromatic amines is 1. The Labute approximate surface area is 157 Å². The standard InChI is InChI=1S/C20H21ClN2O3/c1-3-26-18-8-4-13(10-12(18)2)15(11-14-5-9-19(24)22-14)17-7-6-16(21)20(25)23-17/h4,6-8,10-11,14H,3,5,9H2,1-2H3,(H,22,24)(H,23,25)/b15-11-/t14-/m1/s1. The molecule has 26 heavy (non-hydrogen) atoms. The van der Waals surface area contributed by atoms with Gasteiger partial charge in [0.05, 0.1) is 6.61 Å². The van der Waals surface area contributed by atoms with Gasteiger partial charge in [0.2, 0.25) is 5.91 Å². The molecular formula is C20H21ClN2O3. The van der Waals surface area contributed by atoms with Crippen LogP contribution in [0.1, 0.15) is 36.6 Å². The summed E-state index contributed by atoms with van der Waals surface area (Å²) in [6, 6.07) is 9.18. The van der Waals surface area contributed by atoms with Crippen LogP contribution in [0.15, 0.2) is 41.2 Å². The van der Waals surface area contributed by atoms with Crippen LogP contribution in [0.3, 0.4) is 0 Å². The van der Waals surface area contributed by atoms with Crippen molar-refractivity contribution in [1.29, 1.82) is 0 Å². The molecule has 0 radical (unpaired) electrons. The summed E-state index contributed by atoms with van der Waals surface area (Å²) in [6.07, 6.45) is 3.23. The SMILES string of the molecule is CCOc1ccc(/C(=C/[C@H]2CCC(=O)N2)c2ccc(Cl)c(=O)[nH]2)cc1C. The number of aromatic nitrogens is 1. The van der Waals surface area contributed by atoms with Gasteiger partial charge in [0.1, 0.15) is 10.8 Å². The van der Waals surface area contributed by atoms with E-state index in [0.717, 1.165) is 28.9 Å². The number of ether oxygens (including phenoxy) is 1. The average Bonchev–Trinajstić information content (AvgIpc) is 3.02. The molecule has 1 aliphatic rings. The highest BCUT2D eigenvalue weighted by Crippen LogP contribution is 2.28. The van der Waals surface area contributed by atoms with Gasteiger partial charge in [-0.25, -0.2) is 0 Å². The molecule has 0 aliphatic carbocycles. The van der Waals surface area contributed by atoms with Gasteiger partial charge in [0.25, 0.3) is 5.56 Å². The number of hydrogen-bond acceptors (Lipinski definition) is 3. The molecule has 1 amide bonds. The largest absolute Gasteiger partial charge is 0.494 e. The summed E-state index contributed by atoms with van der Waals surface area (Å²) in [5.74, 6) is 0.868. The molecule has 1 atom stereocenters. The zero-order chi connectivity index (χ0) is 18.7. The molecule has 1 aromatic carbocycles. The van der Waals surface area contributed by atoms with Gasteiger partial charge < -0.3 is 15.0 Å². The summed E-state index contributed by atoms with van der Waals surface area (Å²) in [6.45, 7) is 4.52. The van der Waals surface area contributed by atoms with Gasteiger partial charge in [-0.3, -0.25) is 9.59 Å². The van der Waals surface area contributed by atoms with E-state index in [1.54, 1.807) is 12.1 Å². The maximum atomic E-state index is 12.0. The Morgan fingerprint density at radius 1 is 1.31 bits per heavy atom. The number of pyridine rings is 1. The predicted molar refractivity (Wildman–Crippen MR) is 103 cm³/mol. The van der Waals surface area contributed by atoms with Crippen LogP contribution in [0.2, 0.25) is 5.02 Å². The number of hydrogen-bond donors (Lipinski definition) is 2. The Balaban J connectivity index is 2.06. The minimum Gasteiger partial charge on any atom is -0.494 e. The van der Waals surface area contributed by atoms with E-state index >= 15 is 0 Å². The molecule has 1 aromatic heterocycles. The van der Waals surface area contributed by atoms with Crippen molar-refractivity contribution in [3.63, 3.8) is 0 Å². The van der Waals surface area contributed by atoms with E-state index in [1.165, 1.54) is 0 Å². The summed E-state index contributed by atoms with van der Waals surface area (Å²) in [5, 5.41) is 3.08. The third-order valence-electron chi connectivity index (χ3n) is 4.33. The number of nitrogens with one attached hydrogen (secondary N) is 2. The Kier molecular flexibility index (Phi) is 5.47. The first-order chi connectivity index (χ1) is 12.5. The molecule has 2 N–H and O–H groups in total. The van der Waals surface area contributed by atoms with Crippen molar-refractivity contribution in [3.05, 3.63) is 68.6 Å². The second kappa shape index (κ2) is 7.79. The topological polar surface area (TPSA) is 71.2 Å². The van der Waals surface area contributed by atoms with E-state index < -0.39 is 0 Å². The predicted octanol–water partition coefficient (Wildman–Crippen LogP) is 3.45. The first kappa shape index (κ1) is 18.3. The maximum absolute atomic E-state index is 12.0. The Morgan fingerprint density at radius 2 is 2.12 bits per heavy atom. The van der Waals surface area contributed by atoms with Crippen LogP contribution >= 0.6 is 11.6 Å². The van der Waals surface area contributed by atoms with Crippen LogP contribution in [0.4, 0.5) is 0 Å². The second-order valence-electron chi connectivity index (χ2n) is 6.26. The number of halogens is 1. The highest BCUT2D eigenvalue weighted by atomic mass is 35.5. The first-order valence-corrected chi connectivity index (χ1v) is 9.00. The van der Waals surface area contributed by atoms with Crippen molar-refractivity contribution >= 4 is 23.1 Å². The maximum Gasteiger partial charge on any atom is 0.267 e. The van der Waals surface area contributed by atoms with Crippen molar-refractivity contribution in [3.8, 4) is 5.75 Å². The van der Waals surface area contributed by atoms with Gasteiger partial charge in [-0.1, -0.05) is 23.7 Å². The third kappa shape index (κ3) is 3.99. The summed E-state index contributed by atoms with van der Waals surface area (Å²) in [7, 11) is 0. The molecule has 1 saturated heterocycles. The van der Waals surface area contributed by atoms with E-state index in [0.29, 0.717) is 18.7 Å². The fraction of sp³-hybridized carbons (Fsp3) is 0.300. The summed E-state index contributed by atoms with van der Waals surface area (Å²) in [4.78, 5) is 26.3. The van der Waals surface area contributed by atoms with Gasteiger partial charge in [-0.2, -0.15) is 0 Å². The summed E-state index contributed by atoms with van der Waals surface area (Å²) in [5.41, 5.74) is 3.10. The summed E-state index contributed by atoms with van der Waals surface area (Å²) < 4.78 is 5.61. The fourth-order valence-electron chi connectivity index (χ4n) is 3.05. The molecule has 136 valence electrons. The van der Waals surface area contributed by atoms with E-state index in [4.69, 9.17) is 16.3 Å². The molecular weight excluding hydrogens is 352 g/mol. The number of rotatable bonds is 5. The zero-order valence-corrected chi connectivity index (χ0v) is 15.5. The molecule has 0 saturated carbocycles. The lowest BCUT2D eigenvalue weighted by molar-refractivity contribution is -0.119. The van der Waals surface area contributed by atoms with Crippen LogP contribution < -0.4 is 15.6 Å². The lowest BCUT2D eigenvalue weighted by Gasteiger charge is -2.14. The normalized spacial score (nSPS) is 17.3. The number of carbonyl (C=O) groups is 1. The van der Waals surface area contributed by atoms with Crippen molar-refractivity contribution in [1.82, 2.24) is 10.3 Å². The van der Waals surface area contributed by atoms with Crippen LogP contribution in [0, 0.1) is 6.92 Å². The highest BCUT2D eigenvalue weighted by Gasteiger charge is 2.20. The zero-order valence-electron chi connectivity index (χ0n) is 14.8. The summed E-state index contributed by atoms with van der Waals surface area (Å²) >= 11 is 5.86. The smallest absolute Gasteiger partial charge is 0.267 e. The van der Waals surface area contributed by atoms with Gasteiger partial charge in [0, 0.05) is 23.7 Å². The molecule has 2 heterocycles. The van der Waals surface area contributed by atoms with Gasteiger partial charge >= 0.3 is 0 Å². The van der Waals surface area contributed by atoms with Crippen molar-refractivity contribution in [2.75, 3.05) is 6.61 Å². The minimum absolute atomic E-state index is 0.0399. The number of amides is 1. The lowest BCUT2D eigenvalue weighted by Crippen LogP contribution is -2.23. The number of aryl methyl sites for hydroxylation is 1. The quantitative estimate of drug-likeness (QED) is 0.844. The van der Waals surface area contributed by atoms with Crippen LogP contribution in [-0.2, 0) is 4.79 Å². The van der Waals surface area contributed by atoms with Crippen molar-refractivity contribution in [2.24, 2.45) is 0 Å². The molecule has 3 rings (SSSR count). The number of H-pyrrole nitrogens is 1. The molecule has 6 heteroatoms. The Morgan fingerprint density at radius 3 is 2.73 bits per heavy atom. The highest BCUT2D eigenvalue weighted by molar-refractivity contribution is 6.30. The van der Waals surface area contributed by atoms with Crippen LogP contribution in [-0.4, -0.2) is 23.5 Å². The van der Waals surface area contributed by atoms with Gasteiger partial charge in [-0.05, 0) is 55.7 Å².